The van der Waals surface area contributed by atoms with E-state index in [-0.39, 0.29) is 0 Å². The quantitative estimate of drug-likeness (QED) is 0.330. The minimum atomic E-state index is -0.683. The van der Waals surface area contributed by atoms with E-state index in [1.165, 1.54) is 38.5 Å². The number of unbranched alkanes of at least 4 members (excludes halogenated alkanes) is 7. The van der Waals surface area contributed by atoms with Crippen molar-refractivity contribution in [1.29, 1.82) is 0 Å². The van der Waals surface area contributed by atoms with Crippen LogP contribution < -0.4 is 0 Å². The highest BCUT2D eigenvalue weighted by Crippen LogP contribution is 2.18. The van der Waals surface area contributed by atoms with Gasteiger partial charge in [-0.3, -0.25) is 4.79 Å². The topological polar surface area (TPSA) is 55.8 Å². The Morgan fingerprint density at radius 2 is 1.21 bits per heavy atom. The lowest BCUT2D eigenvalue weighted by molar-refractivity contribution is -0.137. The predicted molar refractivity (Wildman–Crippen MR) is 99.5 cm³/mol. The zero-order chi connectivity index (χ0) is 18.0. The van der Waals surface area contributed by atoms with Crippen LogP contribution in [-0.4, -0.2) is 37.5 Å². The van der Waals surface area contributed by atoms with E-state index in [1.807, 2.05) is 7.11 Å². The van der Waals surface area contributed by atoms with E-state index >= 15 is 0 Å². The Morgan fingerprint density at radius 1 is 0.750 bits per heavy atom. The van der Waals surface area contributed by atoms with Crippen LogP contribution in [-0.2, 0) is 14.3 Å². The highest BCUT2D eigenvalue weighted by atomic mass is 16.5. The molecule has 0 saturated carbocycles. The second-order valence-corrected chi connectivity index (χ2v) is 6.84. The fraction of sp³-hybridized carbons (Fsp3) is 0.950. The molecule has 0 aliphatic rings. The molecular weight excluding hydrogens is 304 g/mol. The molecule has 0 aromatic carbocycles. The van der Waals surface area contributed by atoms with E-state index in [0.29, 0.717) is 18.6 Å². The first kappa shape index (κ1) is 23.4. The third kappa shape index (κ3) is 14.9. The summed E-state index contributed by atoms with van der Waals surface area (Å²) in [6, 6.07) is 0. The van der Waals surface area contributed by atoms with E-state index in [0.717, 1.165) is 44.9 Å². The number of carboxylic acids is 1. The molecule has 4 nitrogen and oxygen atoms in total. The fourth-order valence-electron chi connectivity index (χ4n) is 3.11. The first-order chi connectivity index (χ1) is 11.6. The summed E-state index contributed by atoms with van der Waals surface area (Å²) in [6.07, 6.45) is 15.9. The molecule has 0 aliphatic carbocycles. The Kier molecular flexibility index (Phi) is 16.8. The average molecular weight is 345 g/mol. The van der Waals surface area contributed by atoms with Gasteiger partial charge in [0.1, 0.15) is 0 Å². The largest absolute Gasteiger partial charge is 0.481 e. The molecule has 1 N–H and O–H groups in total. The van der Waals surface area contributed by atoms with Crippen molar-refractivity contribution in [3.8, 4) is 0 Å². The molecule has 0 rings (SSSR count). The summed E-state index contributed by atoms with van der Waals surface area (Å²) in [5.41, 5.74) is 0. The molecule has 0 aromatic heterocycles. The second-order valence-electron chi connectivity index (χ2n) is 6.84. The van der Waals surface area contributed by atoms with Crippen LogP contribution in [0.15, 0.2) is 0 Å². The van der Waals surface area contributed by atoms with Crippen LogP contribution in [0.4, 0.5) is 0 Å². The molecule has 0 radical (unpaired) electrons. The van der Waals surface area contributed by atoms with Gasteiger partial charge in [-0.25, -0.2) is 0 Å². The summed E-state index contributed by atoms with van der Waals surface area (Å²) >= 11 is 0. The van der Waals surface area contributed by atoms with Gasteiger partial charge in [0.15, 0.2) is 0 Å². The predicted octanol–water partition coefficient (Wildman–Crippen LogP) is 5.58. The summed E-state index contributed by atoms with van der Waals surface area (Å²) in [4.78, 5) is 10.4. The van der Waals surface area contributed by atoms with Crippen LogP contribution >= 0.6 is 0 Å². The normalized spacial score (nSPS) is 13.8. The molecule has 0 saturated heterocycles. The number of hydrogen-bond acceptors (Lipinski definition) is 3. The maximum atomic E-state index is 10.4. The zero-order valence-corrected chi connectivity index (χ0v) is 16.2. The van der Waals surface area contributed by atoms with Gasteiger partial charge in [-0.05, 0) is 32.1 Å². The minimum absolute atomic E-state index is 0.303. The molecule has 0 aliphatic heterocycles. The van der Waals surface area contributed by atoms with E-state index < -0.39 is 5.97 Å². The molecule has 2 atom stereocenters. The number of rotatable bonds is 18. The SMILES string of the molecule is CCCCCCC(CCC(CCCCCCCC(=O)O)OC)OC. The minimum Gasteiger partial charge on any atom is -0.481 e. The summed E-state index contributed by atoms with van der Waals surface area (Å²) in [6.45, 7) is 2.24. The summed E-state index contributed by atoms with van der Waals surface area (Å²) in [5, 5.41) is 8.60. The van der Waals surface area contributed by atoms with Gasteiger partial charge in [0.25, 0.3) is 0 Å². The molecule has 144 valence electrons. The lowest BCUT2D eigenvalue weighted by Crippen LogP contribution is -2.17. The Balaban J connectivity index is 3.67. The molecule has 0 aromatic rings. The average Bonchev–Trinajstić information content (AvgIpc) is 2.57. The molecule has 24 heavy (non-hydrogen) atoms. The summed E-state index contributed by atoms with van der Waals surface area (Å²) < 4.78 is 11.2. The molecule has 0 bridgehead atoms. The number of hydrogen-bond donors (Lipinski definition) is 1. The second kappa shape index (κ2) is 17.2. The smallest absolute Gasteiger partial charge is 0.303 e. The lowest BCUT2D eigenvalue weighted by Gasteiger charge is -2.20. The van der Waals surface area contributed by atoms with Crippen molar-refractivity contribution in [2.75, 3.05) is 14.2 Å². The molecule has 0 fully saturated rings. The maximum Gasteiger partial charge on any atom is 0.303 e. The van der Waals surface area contributed by atoms with Crippen LogP contribution in [0.2, 0.25) is 0 Å². The van der Waals surface area contributed by atoms with Gasteiger partial charge in [-0.2, -0.15) is 0 Å². The highest BCUT2D eigenvalue weighted by Gasteiger charge is 2.12. The van der Waals surface area contributed by atoms with Crippen LogP contribution in [0, 0.1) is 0 Å². The van der Waals surface area contributed by atoms with Crippen LogP contribution in [0.1, 0.15) is 96.8 Å². The van der Waals surface area contributed by atoms with Gasteiger partial charge >= 0.3 is 5.97 Å². The van der Waals surface area contributed by atoms with Crippen molar-refractivity contribution in [1.82, 2.24) is 0 Å². The van der Waals surface area contributed by atoms with Gasteiger partial charge in [-0.15, -0.1) is 0 Å². The zero-order valence-electron chi connectivity index (χ0n) is 16.2. The lowest BCUT2D eigenvalue weighted by atomic mass is 10.00. The molecule has 0 amide bonds. The first-order valence-electron chi connectivity index (χ1n) is 9.91. The highest BCUT2D eigenvalue weighted by molar-refractivity contribution is 5.66. The van der Waals surface area contributed by atoms with Crippen molar-refractivity contribution in [3.05, 3.63) is 0 Å². The Labute approximate surface area is 149 Å². The molecule has 0 heterocycles. The van der Waals surface area contributed by atoms with Gasteiger partial charge in [0, 0.05) is 20.6 Å². The van der Waals surface area contributed by atoms with Gasteiger partial charge in [-0.1, -0.05) is 58.3 Å². The Hall–Kier alpha value is -0.610. The monoisotopic (exact) mass is 344 g/mol. The standard InChI is InChI=1S/C20H40O4/c1-4-5-6-10-13-18(23-2)16-17-19(24-3)14-11-8-7-9-12-15-20(21)22/h18-19H,4-17H2,1-3H3,(H,21,22). The van der Waals surface area contributed by atoms with Crippen molar-refractivity contribution in [3.63, 3.8) is 0 Å². The van der Waals surface area contributed by atoms with Gasteiger partial charge in [0.05, 0.1) is 12.2 Å². The van der Waals surface area contributed by atoms with Crippen LogP contribution in [0.5, 0.6) is 0 Å². The van der Waals surface area contributed by atoms with Crippen LogP contribution in [0.25, 0.3) is 0 Å². The van der Waals surface area contributed by atoms with Crippen molar-refractivity contribution in [2.45, 2.75) is 109 Å². The third-order valence-corrected chi connectivity index (χ3v) is 4.77. The van der Waals surface area contributed by atoms with Crippen molar-refractivity contribution < 1.29 is 19.4 Å². The number of aliphatic carboxylic acids is 1. The first-order valence-corrected chi connectivity index (χ1v) is 9.91. The van der Waals surface area contributed by atoms with E-state index in [1.54, 1.807) is 7.11 Å². The number of carbonyl (C=O) groups is 1. The number of methoxy groups -OCH3 is 2. The van der Waals surface area contributed by atoms with Crippen LogP contribution in [0.3, 0.4) is 0 Å². The summed E-state index contributed by atoms with van der Waals surface area (Å²) in [7, 11) is 3.63. The van der Waals surface area contributed by atoms with E-state index in [4.69, 9.17) is 14.6 Å². The molecule has 2 unspecified atom stereocenters. The maximum absolute atomic E-state index is 10.4. The van der Waals surface area contributed by atoms with Crippen molar-refractivity contribution >= 4 is 5.97 Å². The van der Waals surface area contributed by atoms with Gasteiger partial charge in [0.2, 0.25) is 0 Å². The fourth-order valence-corrected chi connectivity index (χ4v) is 3.11. The molecule has 0 spiro atoms. The van der Waals surface area contributed by atoms with E-state index in [2.05, 4.69) is 6.92 Å². The number of carboxylic acid groups (broad SMARTS) is 1. The Morgan fingerprint density at radius 3 is 1.67 bits per heavy atom. The third-order valence-electron chi connectivity index (χ3n) is 4.77. The Bertz CT molecular complexity index is 281. The van der Waals surface area contributed by atoms with E-state index in [9.17, 15) is 4.79 Å². The molecular formula is C20H40O4. The summed E-state index contributed by atoms with van der Waals surface area (Å²) in [5.74, 6) is -0.683. The van der Waals surface area contributed by atoms with Crippen molar-refractivity contribution in [2.24, 2.45) is 0 Å². The molecule has 4 heteroatoms. The van der Waals surface area contributed by atoms with Gasteiger partial charge < -0.3 is 14.6 Å². The number of ether oxygens (including phenoxy) is 2.